The number of anilines is 1. The normalized spacial score (nSPS) is 13.4. The van der Waals surface area contributed by atoms with Crippen LogP contribution in [0.5, 0.6) is 23.0 Å². The molecule has 6 rings (SSSR count). The van der Waals surface area contributed by atoms with E-state index < -0.39 is 11.3 Å². The molecule has 0 bridgehead atoms. The van der Waals surface area contributed by atoms with Crippen LogP contribution in [0.1, 0.15) is 28.9 Å². The number of hydrogen-bond donors (Lipinski definition) is 0. The lowest BCUT2D eigenvalue weighted by atomic mass is 10.00. The molecule has 1 fully saturated rings. The van der Waals surface area contributed by atoms with Crippen molar-refractivity contribution in [3.05, 3.63) is 94.7 Å². The molecular formula is C35H35N5O6. The summed E-state index contributed by atoms with van der Waals surface area (Å²) in [6.45, 7) is 3.95. The molecular weight excluding hydrogens is 586 g/mol. The molecule has 4 heterocycles. The maximum absolute atomic E-state index is 13.8. The van der Waals surface area contributed by atoms with Gasteiger partial charge in [-0.1, -0.05) is 29.8 Å². The van der Waals surface area contributed by atoms with Gasteiger partial charge in [0.1, 0.15) is 17.3 Å². The van der Waals surface area contributed by atoms with Crippen molar-refractivity contribution >= 4 is 22.6 Å². The molecule has 0 unspecified atom stereocenters. The summed E-state index contributed by atoms with van der Waals surface area (Å²) in [6.07, 6.45) is 6.70. The van der Waals surface area contributed by atoms with E-state index in [-0.39, 0.29) is 5.69 Å². The summed E-state index contributed by atoms with van der Waals surface area (Å²) in [4.78, 5) is 37.7. The van der Waals surface area contributed by atoms with Gasteiger partial charge < -0.3 is 18.9 Å². The number of ether oxygens (including phenoxy) is 4. The highest BCUT2D eigenvalue weighted by atomic mass is 16.5. The van der Waals surface area contributed by atoms with E-state index in [4.69, 9.17) is 18.9 Å². The molecule has 0 spiro atoms. The molecule has 11 nitrogen and oxygen atoms in total. The van der Waals surface area contributed by atoms with Gasteiger partial charge in [0, 0.05) is 56.2 Å². The Bertz CT molecular complexity index is 1920. The van der Waals surface area contributed by atoms with Gasteiger partial charge in [-0.05, 0) is 55.5 Å². The molecule has 5 aromatic rings. The van der Waals surface area contributed by atoms with E-state index in [1.54, 1.807) is 68.7 Å². The smallest absolute Gasteiger partial charge is 0.283 e. The molecule has 1 aliphatic rings. The van der Waals surface area contributed by atoms with Crippen molar-refractivity contribution in [2.24, 2.45) is 5.92 Å². The first-order chi connectivity index (χ1) is 22.3. The number of amides is 1. The molecule has 2 aromatic carbocycles. The fraction of sp³-hybridized carbons (Fsp3) is 0.286. The van der Waals surface area contributed by atoms with Crippen molar-refractivity contribution in [1.82, 2.24) is 19.7 Å². The van der Waals surface area contributed by atoms with Crippen molar-refractivity contribution in [3.63, 3.8) is 0 Å². The Balaban J connectivity index is 1.27. The second-order valence-electron chi connectivity index (χ2n) is 11.2. The van der Waals surface area contributed by atoms with Crippen molar-refractivity contribution in [3.8, 4) is 34.1 Å². The van der Waals surface area contributed by atoms with Gasteiger partial charge in [-0.3, -0.25) is 24.2 Å². The lowest BCUT2D eigenvalue weighted by Crippen LogP contribution is -2.35. The van der Waals surface area contributed by atoms with E-state index in [0.717, 1.165) is 29.4 Å². The summed E-state index contributed by atoms with van der Waals surface area (Å²) in [5.74, 6) is 2.23. The van der Waals surface area contributed by atoms with Crippen LogP contribution in [-0.4, -0.2) is 60.1 Å². The van der Waals surface area contributed by atoms with E-state index in [9.17, 15) is 9.59 Å². The number of rotatable bonds is 9. The predicted octanol–water partition coefficient (Wildman–Crippen LogP) is 5.67. The van der Waals surface area contributed by atoms with Gasteiger partial charge in [0.2, 0.25) is 5.43 Å². The Hall–Kier alpha value is -5.29. The number of nitrogens with zero attached hydrogens (tertiary/aromatic N) is 5. The maximum Gasteiger partial charge on any atom is 0.283 e. The molecule has 11 heteroatoms. The second-order valence-corrected chi connectivity index (χ2v) is 11.2. The largest absolute Gasteiger partial charge is 0.493 e. The predicted molar refractivity (Wildman–Crippen MR) is 174 cm³/mol. The van der Waals surface area contributed by atoms with Crippen LogP contribution in [0.2, 0.25) is 0 Å². The Morgan fingerprint density at radius 3 is 2.41 bits per heavy atom. The molecule has 0 radical (unpaired) electrons. The van der Waals surface area contributed by atoms with Crippen LogP contribution in [0.15, 0.2) is 78.0 Å². The molecule has 236 valence electrons. The minimum Gasteiger partial charge on any atom is -0.493 e. The van der Waals surface area contributed by atoms with Gasteiger partial charge in [-0.15, -0.1) is 0 Å². The first-order valence-corrected chi connectivity index (χ1v) is 15.0. The standard InChI is InChI=1S/C35H35N5O6/c1-22-5-7-24(8-6-22)27-21-40(20-23-12-15-45-16-13-23)38-33(34(27)41)35(42)39(2)32-10-9-25(19-37-32)46-29-11-14-36-28-18-31(44-4)30(43-3)17-26(28)29/h5-11,14,17-19,21,23H,12-13,15-16,20H2,1-4H3. The Morgan fingerprint density at radius 2 is 1.72 bits per heavy atom. The summed E-state index contributed by atoms with van der Waals surface area (Å²) < 4.78 is 24.2. The number of carbonyl (C=O) groups is 1. The van der Waals surface area contributed by atoms with E-state index in [1.807, 2.05) is 31.2 Å². The van der Waals surface area contributed by atoms with Gasteiger partial charge in [-0.25, -0.2) is 4.98 Å². The van der Waals surface area contributed by atoms with Crippen LogP contribution in [0.25, 0.3) is 22.0 Å². The third-order valence-electron chi connectivity index (χ3n) is 8.12. The van der Waals surface area contributed by atoms with Crippen LogP contribution >= 0.6 is 0 Å². The van der Waals surface area contributed by atoms with Gasteiger partial charge in [0.05, 0.1) is 25.9 Å². The Morgan fingerprint density at radius 1 is 0.978 bits per heavy atom. The average molecular weight is 622 g/mol. The average Bonchev–Trinajstić information content (AvgIpc) is 3.09. The van der Waals surface area contributed by atoms with Gasteiger partial charge in [0.15, 0.2) is 17.2 Å². The third-order valence-corrected chi connectivity index (χ3v) is 8.12. The zero-order valence-electron chi connectivity index (χ0n) is 26.2. The SMILES string of the molecule is COc1cc2nccc(Oc3ccc(N(C)C(=O)c4nn(CC5CCOCC5)cc(-c5ccc(C)cc5)c4=O)nc3)c2cc1OC. The number of benzene rings is 2. The number of aryl methyl sites for hydroxylation is 1. The highest BCUT2D eigenvalue weighted by molar-refractivity contribution is 6.04. The molecule has 46 heavy (non-hydrogen) atoms. The van der Waals surface area contributed by atoms with Crippen molar-refractivity contribution in [2.75, 3.05) is 39.4 Å². The van der Waals surface area contributed by atoms with Gasteiger partial charge in [0.25, 0.3) is 5.91 Å². The lowest BCUT2D eigenvalue weighted by molar-refractivity contribution is 0.0598. The zero-order valence-corrected chi connectivity index (χ0v) is 26.2. The van der Waals surface area contributed by atoms with Crippen molar-refractivity contribution in [1.29, 1.82) is 0 Å². The van der Waals surface area contributed by atoms with E-state index >= 15 is 0 Å². The number of carbonyl (C=O) groups excluding carboxylic acids is 1. The van der Waals surface area contributed by atoms with Crippen molar-refractivity contribution < 1.29 is 23.7 Å². The molecule has 0 aliphatic carbocycles. The molecule has 1 aliphatic heterocycles. The number of methoxy groups -OCH3 is 2. The molecule has 1 amide bonds. The maximum atomic E-state index is 13.8. The fourth-order valence-electron chi connectivity index (χ4n) is 5.46. The minimum atomic E-state index is -0.554. The van der Waals surface area contributed by atoms with Crippen LogP contribution in [0.3, 0.4) is 0 Å². The fourth-order valence-corrected chi connectivity index (χ4v) is 5.46. The van der Waals surface area contributed by atoms with Gasteiger partial charge >= 0.3 is 0 Å². The van der Waals surface area contributed by atoms with Gasteiger partial charge in [-0.2, -0.15) is 5.10 Å². The molecule has 0 saturated carbocycles. The van der Waals surface area contributed by atoms with Crippen LogP contribution in [-0.2, 0) is 11.3 Å². The molecule has 1 saturated heterocycles. The number of aromatic nitrogens is 4. The monoisotopic (exact) mass is 621 g/mol. The first-order valence-electron chi connectivity index (χ1n) is 15.0. The molecule has 3 aromatic heterocycles. The van der Waals surface area contributed by atoms with Crippen LogP contribution in [0, 0.1) is 12.8 Å². The Labute approximate surface area is 266 Å². The van der Waals surface area contributed by atoms with E-state index in [2.05, 4.69) is 15.1 Å². The second kappa shape index (κ2) is 13.4. The zero-order chi connectivity index (χ0) is 32.2. The summed E-state index contributed by atoms with van der Waals surface area (Å²) >= 11 is 0. The number of fused-ring (bicyclic) bond motifs is 1. The van der Waals surface area contributed by atoms with E-state index in [1.165, 1.54) is 11.1 Å². The summed E-state index contributed by atoms with van der Waals surface area (Å²) in [5, 5.41) is 5.27. The topological polar surface area (TPSA) is 118 Å². The van der Waals surface area contributed by atoms with Crippen LogP contribution < -0.4 is 24.5 Å². The number of pyridine rings is 2. The lowest BCUT2D eigenvalue weighted by Gasteiger charge is -2.23. The minimum absolute atomic E-state index is 0.164. The van der Waals surface area contributed by atoms with Crippen molar-refractivity contribution in [2.45, 2.75) is 26.3 Å². The number of hydrogen-bond acceptors (Lipinski definition) is 9. The summed E-state index contributed by atoms with van der Waals surface area (Å²) in [5.41, 5.74) is 2.31. The highest BCUT2D eigenvalue weighted by Gasteiger charge is 2.24. The summed E-state index contributed by atoms with van der Waals surface area (Å²) in [7, 11) is 4.71. The molecule has 0 N–H and O–H groups in total. The Kier molecular flexibility index (Phi) is 8.93. The molecule has 0 atom stereocenters. The third kappa shape index (κ3) is 6.40. The first kappa shape index (κ1) is 30.7. The highest BCUT2D eigenvalue weighted by Crippen LogP contribution is 2.37. The quantitative estimate of drug-likeness (QED) is 0.205. The van der Waals surface area contributed by atoms with Crippen LogP contribution in [0.4, 0.5) is 5.82 Å². The summed E-state index contributed by atoms with van der Waals surface area (Å²) in [6, 6.07) is 16.4. The van der Waals surface area contributed by atoms with E-state index in [0.29, 0.717) is 65.6 Å².